The minimum atomic E-state index is -0.517. The van der Waals surface area contributed by atoms with Gasteiger partial charge in [0, 0.05) is 11.8 Å². The van der Waals surface area contributed by atoms with E-state index in [0.29, 0.717) is 17.1 Å². The zero-order valence-electron chi connectivity index (χ0n) is 16.2. The Morgan fingerprint density at radius 3 is 2.48 bits per heavy atom. The standard InChI is InChI=1S/C23H16N4O3S/c28-23(29-15-20-24-25-22(30-20)19-12-7-13-31-19)18-14-27(17-10-5-2-6-11-17)26-21(18)16-8-3-1-4-9-16/h1-14H,15H2. The Morgan fingerprint density at radius 1 is 0.968 bits per heavy atom. The second-order valence-electron chi connectivity index (χ2n) is 6.59. The third-order valence-corrected chi connectivity index (χ3v) is 5.39. The van der Waals surface area contributed by atoms with Crippen LogP contribution in [0.3, 0.4) is 0 Å². The van der Waals surface area contributed by atoms with Gasteiger partial charge < -0.3 is 9.15 Å². The van der Waals surface area contributed by atoms with Crippen molar-refractivity contribution in [3.63, 3.8) is 0 Å². The highest BCUT2D eigenvalue weighted by molar-refractivity contribution is 7.13. The molecule has 3 aromatic heterocycles. The number of thiophene rings is 1. The summed E-state index contributed by atoms with van der Waals surface area (Å²) in [6, 6.07) is 22.9. The quantitative estimate of drug-likeness (QED) is 0.354. The van der Waals surface area contributed by atoms with Gasteiger partial charge in [0.1, 0.15) is 11.3 Å². The molecule has 2 aromatic carbocycles. The van der Waals surface area contributed by atoms with E-state index in [4.69, 9.17) is 9.15 Å². The second kappa shape index (κ2) is 8.37. The number of rotatable bonds is 6. The van der Waals surface area contributed by atoms with Crippen LogP contribution in [0.15, 0.2) is 88.8 Å². The van der Waals surface area contributed by atoms with E-state index in [1.165, 1.54) is 11.3 Å². The molecule has 0 aliphatic heterocycles. The Kier molecular flexibility index (Phi) is 5.12. The molecule has 0 N–H and O–H groups in total. The molecule has 5 rings (SSSR count). The Labute approximate surface area is 181 Å². The van der Waals surface area contributed by atoms with Gasteiger partial charge in [-0.3, -0.25) is 0 Å². The van der Waals surface area contributed by atoms with Crippen LogP contribution in [-0.2, 0) is 11.3 Å². The van der Waals surface area contributed by atoms with Crippen LogP contribution in [0.4, 0.5) is 0 Å². The molecule has 0 radical (unpaired) electrons. The van der Waals surface area contributed by atoms with Crippen LogP contribution in [0, 0.1) is 0 Å². The Morgan fingerprint density at radius 2 is 1.74 bits per heavy atom. The first-order valence-electron chi connectivity index (χ1n) is 9.52. The normalized spacial score (nSPS) is 10.8. The molecule has 3 heterocycles. The number of carbonyl (C=O) groups is 1. The minimum Gasteiger partial charge on any atom is -0.452 e. The van der Waals surface area contributed by atoms with Gasteiger partial charge in [0.2, 0.25) is 0 Å². The predicted molar refractivity (Wildman–Crippen MR) is 116 cm³/mol. The van der Waals surface area contributed by atoms with Crippen molar-refractivity contribution < 1.29 is 13.9 Å². The summed E-state index contributed by atoms with van der Waals surface area (Å²) < 4.78 is 12.7. The van der Waals surface area contributed by atoms with E-state index in [1.54, 1.807) is 10.9 Å². The zero-order valence-corrected chi connectivity index (χ0v) is 17.0. The summed E-state index contributed by atoms with van der Waals surface area (Å²) in [5.74, 6) is 0.119. The smallest absolute Gasteiger partial charge is 0.342 e. The highest BCUT2D eigenvalue weighted by Gasteiger charge is 2.21. The van der Waals surface area contributed by atoms with Gasteiger partial charge in [-0.2, -0.15) is 5.10 Å². The van der Waals surface area contributed by atoms with Crippen LogP contribution in [0.2, 0.25) is 0 Å². The number of hydrogen-bond acceptors (Lipinski definition) is 7. The van der Waals surface area contributed by atoms with E-state index in [1.807, 2.05) is 78.2 Å². The summed E-state index contributed by atoms with van der Waals surface area (Å²) in [5, 5.41) is 14.5. The number of hydrogen-bond donors (Lipinski definition) is 0. The second-order valence-corrected chi connectivity index (χ2v) is 7.54. The van der Waals surface area contributed by atoms with Gasteiger partial charge in [0.15, 0.2) is 6.61 Å². The van der Waals surface area contributed by atoms with E-state index < -0.39 is 5.97 Å². The van der Waals surface area contributed by atoms with Gasteiger partial charge >= 0.3 is 5.97 Å². The molecule has 0 atom stereocenters. The van der Waals surface area contributed by atoms with Crippen molar-refractivity contribution in [2.24, 2.45) is 0 Å². The maximum absolute atomic E-state index is 12.9. The van der Waals surface area contributed by atoms with Crippen LogP contribution in [-0.4, -0.2) is 25.9 Å². The number of esters is 1. The van der Waals surface area contributed by atoms with Crippen molar-refractivity contribution in [2.75, 3.05) is 0 Å². The highest BCUT2D eigenvalue weighted by atomic mass is 32.1. The highest BCUT2D eigenvalue weighted by Crippen LogP contribution is 2.26. The third kappa shape index (κ3) is 4.01. The molecule has 31 heavy (non-hydrogen) atoms. The predicted octanol–water partition coefficient (Wildman–Crippen LogP) is 5.01. The van der Waals surface area contributed by atoms with Crippen molar-refractivity contribution >= 4 is 17.3 Å². The zero-order chi connectivity index (χ0) is 21.0. The molecule has 0 spiro atoms. The lowest BCUT2D eigenvalue weighted by molar-refractivity contribution is 0.0439. The summed E-state index contributed by atoms with van der Waals surface area (Å²) >= 11 is 1.50. The van der Waals surface area contributed by atoms with E-state index in [-0.39, 0.29) is 12.5 Å². The topological polar surface area (TPSA) is 83.0 Å². The van der Waals surface area contributed by atoms with Crippen molar-refractivity contribution in [3.05, 3.63) is 95.8 Å². The van der Waals surface area contributed by atoms with Crippen LogP contribution < -0.4 is 0 Å². The van der Waals surface area contributed by atoms with Crippen molar-refractivity contribution in [2.45, 2.75) is 6.61 Å². The van der Waals surface area contributed by atoms with Gasteiger partial charge in [-0.05, 0) is 23.6 Å². The summed E-state index contributed by atoms with van der Waals surface area (Å²) in [6.07, 6.45) is 1.67. The number of ether oxygens (including phenoxy) is 1. The van der Waals surface area contributed by atoms with E-state index >= 15 is 0 Å². The molecule has 8 heteroatoms. The average molecular weight is 428 g/mol. The lowest BCUT2D eigenvalue weighted by Gasteiger charge is -2.02. The van der Waals surface area contributed by atoms with Gasteiger partial charge in [0.25, 0.3) is 11.8 Å². The van der Waals surface area contributed by atoms with Crippen LogP contribution >= 0.6 is 11.3 Å². The molecule has 0 bridgehead atoms. The number of benzene rings is 2. The molecule has 0 saturated heterocycles. The largest absolute Gasteiger partial charge is 0.452 e. The Balaban J connectivity index is 1.40. The molecule has 0 fully saturated rings. The number of carbonyl (C=O) groups excluding carboxylic acids is 1. The summed E-state index contributed by atoms with van der Waals surface area (Å²) in [7, 11) is 0. The first kappa shape index (κ1) is 19.0. The fourth-order valence-corrected chi connectivity index (χ4v) is 3.71. The average Bonchev–Trinajstić information content (AvgIpc) is 3.59. The molecular formula is C23H16N4O3S. The molecule has 7 nitrogen and oxygen atoms in total. The lowest BCUT2D eigenvalue weighted by atomic mass is 10.1. The molecule has 0 amide bonds. The number of para-hydroxylation sites is 1. The monoisotopic (exact) mass is 428 g/mol. The maximum atomic E-state index is 12.9. The van der Waals surface area contributed by atoms with Gasteiger partial charge in [-0.15, -0.1) is 21.5 Å². The number of nitrogens with zero attached hydrogens (tertiary/aromatic N) is 4. The number of aromatic nitrogens is 4. The summed E-state index contributed by atoms with van der Waals surface area (Å²) in [5.41, 5.74) is 2.56. The molecule has 5 aromatic rings. The lowest BCUT2D eigenvalue weighted by Crippen LogP contribution is -2.06. The molecule has 0 aliphatic carbocycles. The van der Waals surface area contributed by atoms with Crippen LogP contribution in [0.25, 0.3) is 27.7 Å². The minimum absolute atomic E-state index is 0.123. The van der Waals surface area contributed by atoms with Crippen LogP contribution in [0.1, 0.15) is 16.2 Å². The Hall–Kier alpha value is -4.04. The van der Waals surface area contributed by atoms with E-state index in [2.05, 4.69) is 15.3 Å². The van der Waals surface area contributed by atoms with E-state index in [0.717, 1.165) is 16.1 Å². The van der Waals surface area contributed by atoms with Gasteiger partial charge in [0.05, 0.1) is 10.6 Å². The van der Waals surface area contributed by atoms with Gasteiger partial charge in [-0.1, -0.05) is 54.6 Å². The third-order valence-electron chi connectivity index (χ3n) is 4.53. The van der Waals surface area contributed by atoms with Crippen molar-refractivity contribution in [3.8, 4) is 27.7 Å². The fourth-order valence-electron chi connectivity index (χ4n) is 3.06. The van der Waals surface area contributed by atoms with Crippen molar-refractivity contribution in [1.82, 2.24) is 20.0 Å². The molecule has 0 aliphatic rings. The fraction of sp³-hybridized carbons (Fsp3) is 0.0435. The maximum Gasteiger partial charge on any atom is 0.342 e. The van der Waals surface area contributed by atoms with Crippen molar-refractivity contribution in [1.29, 1.82) is 0 Å². The SMILES string of the molecule is O=C(OCc1nnc(-c2cccs2)o1)c1cn(-c2ccccc2)nc1-c1ccccc1. The summed E-state index contributed by atoms with van der Waals surface area (Å²) in [6.45, 7) is -0.123. The molecular weight excluding hydrogens is 412 g/mol. The molecule has 152 valence electrons. The Bertz CT molecular complexity index is 1300. The van der Waals surface area contributed by atoms with Crippen LogP contribution in [0.5, 0.6) is 0 Å². The van der Waals surface area contributed by atoms with Gasteiger partial charge in [-0.25, -0.2) is 9.48 Å². The molecule has 0 saturated carbocycles. The first-order chi connectivity index (χ1) is 15.3. The first-order valence-corrected chi connectivity index (χ1v) is 10.4. The molecule has 0 unspecified atom stereocenters. The van der Waals surface area contributed by atoms with E-state index in [9.17, 15) is 4.79 Å². The summed E-state index contributed by atoms with van der Waals surface area (Å²) in [4.78, 5) is 13.8.